The second kappa shape index (κ2) is 7.74. The van der Waals surface area contributed by atoms with Gasteiger partial charge in [0.2, 0.25) is 0 Å². The van der Waals surface area contributed by atoms with Gasteiger partial charge in [-0.3, -0.25) is 0 Å². The summed E-state index contributed by atoms with van der Waals surface area (Å²) >= 11 is 1.68. The highest BCUT2D eigenvalue weighted by molar-refractivity contribution is 7.99. The van der Waals surface area contributed by atoms with Crippen LogP contribution >= 0.6 is 11.8 Å². The molecule has 2 amide bonds. The Morgan fingerprint density at radius 1 is 1.45 bits per heavy atom. The molecule has 0 bridgehead atoms. The van der Waals surface area contributed by atoms with Crippen molar-refractivity contribution < 1.29 is 19.1 Å². The van der Waals surface area contributed by atoms with E-state index in [1.165, 1.54) is 0 Å². The molecule has 0 aliphatic carbocycles. The Morgan fingerprint density at radius 3 is 2.75 bits per heavy atom. The number of anilines is 1. The van der Waals surface area contributed by atoms with Gasteiger partial charge in [0, 0.05) is 11.8 Å². The van der Waals surface area contributed by atoms with Gasteiger partial charge in [-0.1, -0.05) is 6.92 Å². The normalized spacial score (nSPS) is 11.8. The molecule has 0 aromatic heterocycles. The molecule has 1 aromatic carbocycles. The van der Waals surface area contributed by atoms with E-state index in [1.807, 2.05) is 13.8 Å². The van der Waals surface area contributed by atoms with Gasteiger partial charge in [-0.2, -0.15) is 11.8 Å². The SMILES string of the molecule is CCSCC(C)NC(=O)Nc1cc(F)ccc1C(=O)O. The van der Waals surface area contributed by atoms with Crippen molar-refractivity contribution in [1.29, 1.82) is 0 Å². The highest BCUT2D eigenvalue weighted by Gasteiger charge is 2.14. The van der Waals surface area contributed by atoms with Crippen LogP contribution in [-0.4, -0.2) is 34.7 Å². The van der Waals surface area contributed by atoms with Crippen LogP contribution in [0.15, 0.2) is 18.2 Å². The van der Waals surface area contributed by atoms with Crippen LogP contribution in [-0.2, 0) is 0 Å². The van der Waals surface area contributed by atoms with Gasteiger partial charge in [0.05, 0.1) is 11.3 Å². The molecule has 0 fully saturated rings. The minimum Gasteiger partial charge on any atom is -0.478 e. The lowest BCUT2D eigenvalue weighted by atomic mass is 10.2. The fourth-order valence-electron chi connectivity index (χ4n) is 1.52. The largest absolute Gasteiger partial charge is 0.478 e. The average Bonchev–Trinajstić information content (AvgIpc) is 2.35. The third-order valence-electron chi connectivity index (χ3n) is 2.41. The number of thioether (sulfide) groups is 1. The molecular weight excluding hydrogens is 283 g/mol. The molecule has 0 saturated carbocycles. The summed E-state index contributed by atoms with van der Waals surface area (Å²) in [6.45, 7) is 3.86. The summed E-state index contributed by atoms with van der Waals surface area (Å²) in [6.07, 6.45) is 0. The van der Waals surface area contributed by atoms with Gasteiger partial charge in [-0.05, 0) is 30.9 Å². The molecule has 0 aliphatic heterocycles. The highest BCUT2D eigenvalue weighted by atomic mass is 32.2. The van der Waals surface area contributed by atoms with Gasteiger partial charge in [0.1, 0.15) is 5.82 Å². The molecule has 110 valence electrons. The maximum absolute atomic E-state index is 13.1. The van der Waals surface area contributed by atoms with Crippen molar-refractivity contribution in [1.82, 2.24) is 5.32 Å². The lowest BCUT2D eigenvalue weighted by Gasteiger charge is -2.15. The van der Waals surface area contributed by atoms with Gasteiger partial charge in [0.15, 0.2) is 0 Å². The van der Waals surface area contributed by atoms with Crippen LogP contribution in [0.2, 0.25) is 0 Å². The number of urea groups is 1. The summed E-state index contributed by atoms with van der Waals surface area (Å²) in [4.78, 5) is 22.7. The van der Waals surface area contributed by atoms with Gasteiger partial charge >= 0.3 is 12.0 Å². The number of hydrogen-bond acceptors (Lipinski definition) is 3. The van der Waals surface area contributed by atoms with Gasteiger partial charge in [0.25, 0.3) is 0 Å². The summed E-state index contributed by atoms with van der Waals surface area (Å²) in [5, 5.41) is 14.0. The number of carbonyl (C=O) groups excluding carboxylic acids is 1. The first-order valence-electron chi connectivity index (χ1n) is 6.12. The number of aromatic carboxylic acids is 1. The molecule has 1 unspecified atom stereocenters. The zero-order valence-corrected chi connectivity index (χ0v) is 12.1. The van der Waals surface area contributed by atoms with Gasteiger partial charge < -0.3 is 15.7 Å². The zero-order chi connectivity index (χ0) is 15.1. The van der Waals surface area contributed by atoms with E-state index < -0.39 is 17.8 Å². The van der Waals surface area contributed by atoms with E-state index >= 15 is 0 Å². The van der Waals surface area contributed by atoms with Crippen molar-refractivity contribution in [2.24, 2.45) is 0 Å². The van der Waals surface area contributed by atoms with Crippen molar-refractivity contribution >= 4 is 29.4 Å². The smallest absolute Gasteiger partial charge is 0.337 e. The van der Waals surface area contributed by atoms with Crippen molar-refractivity contribution in [2.45, 2.75) is 19.9 Å². The fourth-order valence-corrected chi connectivity index (χ4v) is 2.20. The van der Waals surface area contributed by atoms with E-state index in [9.17, 15) is 14.0 Å². The van der Waals surface area contributed by atoms with E-state index in [0.717, 1.165) is 29.7 Å². The number of rotatable bonds is 6. The molecule has 5 nitrogen and oxygen atoms in total. The number of hydrogen-bond donors (Lipinski definition) is 3. The lowest BCUT2D eigenvalue weighted by molar-refractivity contribution is 0.0698. The predicted molar refractivity (Wildman–Crippen MR) is 78.0 cm³/mol. The number of carboxylic acid groups (broad SMARTS) is 1. The molecule has 20 heavy (non-hydrogen) atoms. The van der Waals surface area contributed by atoms with Crippen LogP contribution in [0.1, 0.15) is 24.2 Å². The van der Waals surface area contributed by atoms with Crippen LogP contribution in [0.5, 0.6) is 0 Å². The molecule has 0 saturated heterocycles. The Hall–Kier alpha value is -1.76. The van der Waals surface area contributed by atoms with E-state index in [1.54, 1.807) is 11.8 Å². The Bertz CT molecular complexity index is 497. The van der Waals surface area contributed by atoms with E-state index in [0.29, 0.717) is 0 Å². The summed E-state index contributed by atoms with van der Waals surface area (Å²) in [5.41, 5.74) is -0.220. The molecule has 1 aromatic rings. The van der Waals surface area contributed by atoms with Crippen molar-refractivity contribution in [2.75, 3.05) is 16.8 Å². The summed E-state index contributed by atoms with van der Waals surface area (Å²) in [6, 6.07) is 2.51. The van der Waals surface area contributed by atoms with E-state index in [-0.39, 0.29) is 17.3 Å². The topological polar surface area (TPSA) is 78.4 Å². The zero-order valence-electron chi connectivity index (χ0n) is 11.3. The second-order valence-corrected chi connectivity index (χ2v) is 5.47. The number of amides is 2. The van der Waals surface area contributed by atoms with Crippen LogP contribution in [0.4, 0.5) is 14.9 Å². The highest BCUT2D eigenvalue weighted by Crippen LogP contribution is 2.17. The Kier molecular flexibility index (Phi) is 6.30. The third-order valence-corrected chi connectivity index (χ3v) is 3.55. The molecule has 0 heterocycles. The molecule has 0 spiro atoms. The van der Waals surface area contributed by atoms with Crippen LogP contribution in [0, 0.1) is 5.82 Å². The number of halogens is 1. The summed E-state index contributed by atoms with van der Waals surface area (Å²) in [7, 11) is 0. The van der Waals surface area contributed by atoms with Crippen molar-refractivity contribution in [3.63, 3.8) is 0 Å². The Balaban J connectivity index is 2.70. The quantitative estimate of drug-likeness (QED) is 0.755. The molecule has 0 aliphatic rings. The predicted octanol–water partition coefficient (Wildman–Crippen LogP) is 2.79. The van der Waals surface area contributed by atoms with E-state index in [2.05, 4.69) is 10.6 Å². The molecule has 3 N–H and O–H groups in total. The minimum atomic E-state index is -1.23. The van der Waals surface area contributed by atoms with Crippen LogP contribution < -0.4 is 10.6 Å². The average molecular weight is 300 g/mol. The monoisotopic (exact) mass is 300 g/mol. The molecule has 0 radical (unpaired) electrons. The Morgan fingerprint density at radius 2 is 2.15 bits per heavy atom. The first-order valence-corrected chi connectivity index (χ1v) is 7.27. The lowest BCUT2D eigenvalue weighted by Crippen LogP contribution is -2.37. The maximum Gasteiger partial charge on any atom is 0.337 e. The van der Waals surface area contributed by atoms with Gasteiger partial charge in [-0.25, -0.2) is 14.0 Å². The van der Waals surface area contributed by atoms with Crippen LogP contribution in [0.25, 0.3) is 0 Å². The van der Waals surface area contributed by atoms with Crippen molar-refractivity contribution in [3.8, 4) is 0 Å². The van der Waals surface area contributed by atoms with Gasteiger partial charge in [-0.15, -0.1) is 0 Å². The first-order chi connectivity index (χ1) is 9.43. The number of benzene rings is 1. The summed E-state index contributed by atoms with van der Waals surface area (Å²) in [5.74, 6) is -0.144. The minimum absolute atomic E-state index is 0.0645. The van der Waals surface area contributed by atoms with Crippen LogP contribution in [0.3, 0.4) is 0 Å². The third kappa shape index (κ3) is 5.08. The Labute approximate surface area is 120 Å². The molecule has 1 rings (SSSR count). The second-order valence-electron chi connectivity index (χ2n) is 4.15. The molecular formula is C13H17FN2O3S. The molecule has 7 heteroatoms. The first kappa shape index (κ1) is 16.3. The number of nitrogens with one attached hydrogen (secondary N) is 2. The number of carboxylic acids is 1. The fraction of sp³-hybridized carbons (Fsp3) is 0.385. The molecule has 1 atom stereocenters. The maximum atomic E-state index is 13.1. The standard InChI is InChI=1S/C13H17FN2O3S/c1-3-20-7-8(2)15-13(19)16-11-6-9(14)4-5-10(11)12(17)18/h4-6,8H,3,7H2,1-2H3,(H,17,18)(H2,15,16,19). The van der Waals surface area contributed by atoms with E-state index in [4.69, 9.17) is 5.11 Å². The summed E-state index contributed by atoms with van der Waals surface area (Å²) < 4.78 is 13.1. The number of carbonyl (C=O) groups is 2. The van der Waals surface area contributed by atoms with Crippen molar-refractivity contribution in [3.05, 3.63) is 29.6 Å².